The summed E-state index contributed by atoms with van der Waals surface area (Å²) in [6, 6.07) is 2.79. The highest BCUT2D eigenvalue weighted by atomic mass is 19.2. The molecule has 16 heavy (non-hydrogen) atoms. The van der Waals surface area contributed by atoms with Crippen molar-refractivity contribution < 1.29 is 14.1 Å². The van der Waals surface area contributed by atoms with E-state index in [1.54, 1.807) is 12.1 Å². The molecule has 7 heteroatoms. The summed E-state index contributed by atoms with van der Waals surface area (Å²) in [6.45, 7) is 1.39. The lowest BCUT2D eigenvalue weighted by Gasteiger charge is -2.05. The number of aryl methyl sites for hydroxylation is 1. The summed E-state index contributed by atoms with van der Waals surface area (Å²) in [5.41, 5.74) is 2.21. The molecule has 86 valence electrons. The lowest BCUT2D eigenvalue weighted by molar-refractivity contribution is -0.124. The average Bonchev–Trinajstić information content (AvgIpc) is 2.29. The van der Waals surface area contributed by atoms with Gasteiger partial charge in [0.15, 0.2) is 0 Å². The van der Waals surface area contributed by atoms with Gasteiger partial charge in [-0.05, 0) is 19.1 Å². The standard InChI is InChI=1S/C9H11FN4O2/c1-6-2-3-7(4-11-6)13-9(16)12-5-8(15)14-10/h2-4H,5H2,1H3,(H,14,15)(H2,12,13,16). The Hall–Kier alpha value is -2.18. The molecule has 0 unspecified atom stereocenters. The molecule has 0 aromatic carbocycles. The number of hydrogen-bond acceptors (Lipinski definition) is 3. The Bertz CT molecular complexity index is 380. The maximum absolute atomic E-state index is 11.5. The van der Waals surface area contributed by atoms with E-state index in [0.717, 1.165) is 11.2 Å². The zero-order chi connectivity index (χ0) is 12.0. The van der Waals surface area contributed by atoms with E-state index in [0.29, 0.717) is 5.69 Å². The van der Waals surface area contributed by atoms with E-state index < -0.39 is 18.5 Å². The first-order valence-electron chi connectivity index (χ1n) is 4.49. The summed E-state index contributed by atoms with van der Waals surface area (Å²) in [4.78, 5) is 25.6. The third-order valence-electron chi connectivity index (χ3n) is 1.68. The molecule has 6 nitrogen and oxygen atoms in total. The van der Waals surface area contributed by atoms with Crippen LogP contribution in [-0.4, -0.2) is 23.5 Å². The van der Waals surface area contributed by atoms with E-state index >= 15 is 0 Å². The second-order valence-corrected chi connectivity index (χ2v) is 3.01. The fraction of sp³-hybridized carbons (Fsp3) is 0.222. The van der Waals surface area contributed by atoms with Crippen LogP contribution in [0, 0.1) is 6.92 Å². The van der Waals surface area contributed by atoms with E-state index in [1.807, 2.05) is 6.92 Å². The van der Waals surface area contributed by atoms with Gasteiger partial charge in [0.25, 0.3) is 5.91 Å². The van der Waals surface area contributed by atoms with Gasteiger partial charge in [-0.15, -0.1) is 4.48 Å². The van der Waals surface area contributed by atoms with E-state index in [2.05, 4.69) is 15.6 Å². The minimum absolute atomic E-state index is 0.429. The van der Waals surface area contributed by atoms with E-state index in [4.69, 9.17) is 0 Å². The molecule has 1 aromatic heterocycles. The lowest BCUT2D eigenvalue weighted by Crippen LogP contribution is -2.36. The second-order valence-electron chi connectivity index (χ2n) is 3.01. The van der Waals surface area contributed by atoms with Gasteiger partial charge in [0.2, 0.25) is 0 Å². The third-order valence-corrected chi connectivity index (χ3v) is 1.68. The molecule has 0 saturated heterocycles. The molecular weight excluding hydrogens is 215 g/mol. The number of urea groups is 1. The normalized spacial score (nSPS) is 9.38. The van der Waals surface area contributed by atoms with Crippen molar-refractivity contribution in [1.29, 1.82) is 0 Å². The molecular formula is C9H11FN4O2. The maximum atomic E-state index is 11.5. The number of nitrogens with zero attached hydrogens (tertiary/aromatic N) is 1. The Labute approximate surface area is 91.2 Å². The summed E-state index contributed by atoms with van der Waals surface area (Å²) in [7, 11) is 0. The van der Waals surface area contributed by atoms with Crippen molar-refractivity contribution in [3.8, 4) is 0 Å². The number of carbonyl (C=O) groups excluding carboxylic acids is 2. The van der Waals surface area contributed by atoms with Gasteiger partial charge >= 0.3 is 6.03 Å². The number of halogens is 1. The predicted octanol–water partition coefficient (Wildman–Crippen LogP) is 0.512. The van der Waals surface area contributed by atoms with Crippen LogP contribution in [0.5, 0.6) is 0 Å². The highest BCUT2D eigenvalue weighted by Crippen LogP contribution is 2.04. The van der Waals surface area contributed by atoms with Crippen LogP contribution in [0.1, 0.15) is 5.69 Å². The van der Waals surface area contributed by atoms with Gasteiger partial charge in [-0.3, -0.25) is 9.78 Å². The van der Waals surface area contributed by atoms with Gasteiger partial charge in [-0.25, -0.2) is 4.79 Å². The molecule has 1 aromatic rings. The van der Waals surface area contributed by atoms with Crippen LogP contribution in [0.3, 0.4) is 0 Å². The zero-order valence-electron chi connectivity index (χ0n) is 8.58. The summed E-state index contributed by atoms with van der Waals surface area (Å²) < 4.78 is 11.5. The van der Waals surface area contributed by atoms with Crippen LogP contribution >= 0.6 is 0 Å². The molecule has 3 amide bonds. The van der Waals surface area contributed by atoms with Gasteiger partial charge < -0.3 is 10.6 Å². The molecule has 1 rings (SSSR count). The molecule has 0 radical (unpaired) electrons. The Morgan fingerprint density at radius 3 is 2.75 bits per heavy atom. The van der Waals surface area contributed by atoms with Crippen LogP contribution in [0.25, 0.3) is 0 Å². The van der Waals surface area contributed by atoms with Crippen LogP contribution < -0.4 is 16.2 Å². The fourth-order valence-corrected chi connectivity index (χ4v) is 0.911. The van der Waals surface area contributed by atoms with Crippen molar-refractivity contribution in [2.75, 3.05) is 11.9 Å². The van der Waals surface area contributed by atoms with Gasteiger partial charge in [0, 0.05) is 5.69 Å². The number of carbonyl (C=O) groups is 2. The molecule has 0 aliphatic rings. The van der Waals surface area contributed by atoms with Crippen LogP contribution in [-0.2, 0) is 4.79 Å². The summed E-state index contributed by atoms with van der Waals surface area (Å²) in [5, 5.41) is 4.60. The van der Waals surface area contributed by atoms with Gasteiger partial charge in [-0.2, -0.15) is 5.54 Å². The van der Waals surface area contributed by atoms with Crippen molar-refractivity contribution in [3.63, 3.8) is 0 Å². The quantitative estimate of drug-likeness (QED) is 0.657. The molecule has 3 N–H and O–H groups in total. The van der Waals surface area contributed by atoms with Crippen molar-refractivity contribution in [2.45, 2.75) is 6.92 Å². The average molecular weight is 226 g/mol. The van der Waals surface area contributed by atoms with Crippen molar-refractivity contribution in [1.82, 2.24) is 15.8 Å². The SMILES string of the molecule is Cc1ccc(NC(=O)NCC(=O)NF)cn1. The molecule has 0 fully saturated rings. The smallest absolute Gasteiger partial charge is 0.319 e. The van der Waals surface area contributed by atoms with Gasteiger partial charge in [0.1, 0.15) is 6.54 Å². The summed E-state index contributed by atoms with van der Waals surface area (Å²) in [5.74, 6) is -0.919. The number of hydrogen-bond donors (Lipinski definition) is 3. The Morgan fingerprint density at radius 2 is 2.19 bits per heavy atom. The van der Waals surface area contributed by atoms with Crippen LogP contribution in [0.2, 0.25) is 0 Å². The number of aromatic nitrogens is 1. The predicted molar refractivity (Wildman–Crippen MR) is 55.2 cm³/mol. The first-order chi connectivity index (χ1) is 7.61. The number of anilines is 1. The number of rotatable bonds is 3. The Balaban J connectivity index is 2.40. The second kappa shape index (κ2) is 5.64. The van der Waals surface area contributed by atoms with E-state index in [-0.39, 0.29) is 0 Å². The van der Waals surface area contributed by atoms with E-state index in [9.17, 15) is 14.1 Å². The lowest BCUT2D eigenvalue weighted by atomic mass is 10.3. The number of nitrogens with one attached hydrogen (secondary N) is 3. The highest BCUT2D eigenvalue weighted by Gasteiger charge is 2.04. The highest BCUT2D eigenvalue weighted by molar-refractivity contribution is 5.91. The zero-order valence-corrected chi connectivity index (χ0v) is 8.58. The summed E-state index contributed by atoms with van der Waals surface area (Å²) in [6.07, 6.45) is 1.48. The monoisotopic (exact) mass is 226 g/mol. The molecule has 0 spiro atoms. The Kier molecular flexibility index (Phi) is 4.19. The van der Waals surface area contributed by atoms with Crippen molar-refractivity contribution in [3.05, 3.63) is 24.0 Å². The Morgan fingerprint density at radius 1 is 1.44 bits per heavy atom. The topological polar surface area (TPSA) is 83.1 Å². The minimum atomic E-state index is -0.919. The largest absolute Gasteiger partial charge is 0.329 e. The molecule has 0 aliphatic carbocycles. The van der Waals surface area contributed by atoms with Gasteiger partial charge in [0.05, 0.1) is 11.9 Å². The molecule has 1 heterocycles. The first kappa shape index (κ1) is 11.9. The minimum Gasteiger partial charge on any atom is -0.329 e. The molecule has 0 bridgehead atoms. The molecule has 0 aliphatic heterocycles. The van der Waals surface area contributed by atoms with Crippen LogP contribution in [0.15, 0.2) is 18.3 Å². The van der Waals surface area contributed by atoms with E-state index in [1.165, 1.54) is 6.20 Å². The summed E-state index contributed by atoms with van der Waals surface area (Å²) >= 11 is 0. The molecule has 0 saturated carbocycles. The van der Waals surface area contributed by atoms with Crippen LogP contribution in [0.4, 0.5) is 15.0 Å². The number of amides is 3. The van der Waals surface area contributed by atoms with Gasteiger partial charge in [-0.1, -0.05) is 0 Å². The first-order valence-corrected chi connectivity index (χ1v) is 4.49. The fourth-order valence-electron chi connectivity index (χ4n) is 0.911. The molecule has 0 atom stereocenters. The maximum Gasteiger partial charge on any atom is 0.319 e. The third kappa shape index (κ3) is 3.91. The van der Waals surface area contributed by atoms with Crippen molar-refractivity contribution in [2.24, 2.45) is 0 Å². The number of pyridine rings is 1. The van der Waals surface area contributed by atoms with Crippen molar-refractivity contribution >= 4 is 17.6 Å².